The lowest BCUT2D eigenvalue weighted by molar-refractivity contribution is -0.125. The third-order valence-electron chi connectivity index (χ3n) is 4.65. The summed E-state index contributed by atoms with van der Waals surface area (Å²) < 4.78 is 24.9. The lowest BCUT2D eigenvalue weighted by Gasteiger charge is -2.40. The predicted octanol–water partition coefficient (Wildman–Crippen LogP) is 1.42. The van der Waals surface area contributed by atoms with Gasteiger partial charge in [0.1, 0.15) is 5.75 Å². The topological polar surface area (TPSA) is 54.5 Å². The number of likely N-dealkylation sites (N-methyl/N-ethyl adjacent to an activating group) is 1. The largest absolute Gasteiger partial charge is 0.296 e. The maximum Gasteiger partial charge on any atom is 0.221 e. The number of hydrogen-bond acceptors (Lipinski definition) is 3. The fourth-order valence-corrected chi connectivity index (χ4v) is 4.83. The monoisotopic (exact) mass is 259 g/mol. The quantitative estimate of drug-likeness (QED) is 0.715. The Balaban J connectivity index is 2.21. The standard InChI is InChI=1S/C12H21NO3S/c1-9(2)10-4-6-12(7-5-10)11(14)8-17(15,16)13(12)3/h9-10H,4-8H2,1-3H3. The van der Waals surface area contributed by atoms with Crippen LogP contribution in [0.3, 0.4) is 0 Å². The number of Topliss-reactive ketones (excluding diaryl/α,β-unsaturated/α-hetero) is 1. The Morgan fingerprint density at radius 3 is 2.18 bits per heavy atom. The average Bonchev–Trinajstić information content (AvgIpc) is 2.41. The zero-order valence-corrected chi connectivity index (χ0v) is 11.6. The van der Waals surface area contributed by atoms with E-state index in [1.54, 1.807) is 7.05 Å². The molecule has 5 heteroatoms. The molecule has 0 bridgehead atoms. The average molecular weight is 259 g/mol. The molecule has 0 aromatic rings. The Bertz CT molecular complexity index is 419. The lowest BCUT2D eigenvalue weighted by atomic mass is 9.71. The van der Waals surface area contributed by atoms with Gasteiger partial charge < -0.3 is 0 Å². The van der Waals surface area contributed by atoms with E-state index in [4.69, 9.17) is 0 Å². The van der Waals surface area contributed by atoms with Crippen molar-refractivity contribution in [3.05, 3.63) is 0 Å². The van der Waals surface area contributed by atoms with Gasteiger partial charge in [-0.15, -0.1) is 0 Å². The van der Waals surface area contributed by atoms with Gasteiger partial charge in [0.25, 0.3) is 0 Å². The molecule has 0 amide bonds. The van der Waals surface area contributed by atoms with Crippen LogP contribution in [0, 0.1) is 11.8 Å². The minimum Gasteiger partial charge on any atom is -0.296 e. The Kier molecular flexibility index (Phi) is 3.11. The number of carbonyl (C=O) groups is 1. The molecule has 4 nitrogen and oxygen atoms in total. The molecule has 0 N–H and O–H groups in total. The minimum atomic E-state index is -3.34. The van der Waals surface area contributed by atoms with Gasteiger partial charge in [-0.3, -0.25) is 4.79 Å². The SMILES string of the molecule is CC(C)C1CCC2(CC1)C(=O)CS(=O)(=O)N2C. The summed E-state index contributed by atoms with van der Waals surface area (Å²) in [7, 11) is -1.77. The van der Waals surface area contributed by atoms with E-state index in [0.717, 1.165) is 12.8 Å². The predicted molar refractivity (Wildman–Crippen MR) is 66.1 cm³/mol. The van der Waals surface area contributed by atoms with Crippen molar-refractivity contribution >= 4 is 15.8 Å². The molecule has 0 atom stereocenters. The van der Waals surface area contributed by atoms with E-state index in [2.05, 4.69) is 13.8 Å². The van der Waals surface area contributed by atoms with Crippen LogP contribution in [0.15, 0.2) is 0 Å². The van der Waals surface area contributed by atoms with Crippen molar-refractivity contribution in [2.45, 2.75) is 45.1 Å². The number of nitrogens with zero attached hydrogens (tertiary/aromatic N) is 1. The highest BCUT2D eigenvalue weighted by Gasteiger charge is 2.55. The molecule has 0 unspecified atom stereocenters. The Morgan fingerprint density at radius 2 is 1.82 bits per heavy atom. The molecule has 2 aliphatic rings. The zero-order valence-electron chi connectivity index (χ0n) is 10.8. The zero-order chi connectivity index (χ0) is 12.8. The van der Waals surface area contributed by atoms with E-state index in [-0.39, 0.29) is 11.5 Å². The first-order valence-corrected chi connectivity index (χ1v) is 7.90. The summed E-state index contributed by atoms with van der Waals surface area (Å²) in [5.41, 5.74) is -0.704. The molecule has 98 valence electrons. The summed E-state index contributed by atoms with van der Waals surface area (Å²) in [4.78, 5) is 12.0. The summed E-state index contributed by atoms with van der Waals surface area (Å²) in [6, 6.07) is 0. The maximum atomic E-state index is 12.0. The van der Waals surface area contributed by atoms with E-state index in [1.807, 2.05) is 0 Å². The number of hydrogen-bond donors (Lipinski definition) is 0. The van der Waals surface area contributed by atoms with Crippen LogP contribution in [0.4, 0.5) is 0 Å². The normalized spacial score (nSPS) is 38.1. The minimum absolute atomic E-state index is 0.0952. The fourth-order valence-electron chi connectivity index (χ4n) is 3.22. The molecule has 1 heterocycles. The molecule has 0 aromatic heterocycles. The number of carbonyl (C=O) groups excluding carboxylic acids is 1. The molecule has 2 fully saturated rings. The molecular weight excluding hydrogens is 238 g/mol. The third kappa shape index (κ3) is 1.93. The van der Waals surface area contributed by atoms with Gasteiger partial charge in [-0.2, -0.15) is 4.31 Å². The molecule has 0 aromatic carbocycles. The molecule has 1 saturated carbocycles. The Labute approximate surface area is 103 Å². The van der Waals surface area contributed by atoms with Crippen molar-refractivity contribution in [2.75, 3.05) is 12.8 Å². The fraction of sp³-hybridized carbons (Fsp3) is 0.917. The van der Waals surface area contributed by atoms with Crippen molar-refractivity contribution in [3.63, 3.8) is 0 Å². The van der Waals surface area contributed by atoms with Crippen LogP contribution >= 0.6 is 0 Å². The summed E-state index contributed by atoms with van der Waals surface area (Å²) in [5, 5.41) is 0. The second kappa shape index (κ2) is 4.05. The molecule has 1 saturated heterocycles. The van der Waals surface area contributed by atoms with E-state index in [0.29, 0.717) is 24.7 Å². The summed E-state index contributed by atoms with van der Waals surface area (Å²) in [6.07, 6.45) is 3.32. The summed E-state index contributed by atoms with van der Waals surface area (Å²) >= 11 is 0. The van der Waals surface area contributed by atoms with Crippen LogP contribution in [0.5, 0.6) is 0 Å². The molecule has 1 aliphatic heterocycles. The highest BCUT2D eigenvalue weighted by Crippen LogP contribution is 2.43. The third-order valence-corrected chi connectivity index (χ3v) is 6.46. The van der Waals surface area contributed by atoms with Crippen LogP contribution in [0.25, 0.3) is 0 Å². The van der Waals surface area contributed by atoms with E-state index in [1.165, 1.54) is 4.31 Å². The van der Waals surface area contributed by atoms with Gasteiger partial charge in [0.05, 0.1) is 5.54 Å². The maximum absolute atomic E-state index is 12.0. The highest BCUT2D eigenvalue weighted by molar-refractivity contribution is 7.90. The lowest BCUT2D eigenvalue weighted by Crippen LogP contribution is -2.50. The smallest absolute Gasteiger partial charge is 0.221 e. The van der Waals surface area contributed by atoms with Crippen molar-refractivity contribution < 1.29 is 13.2 Å². The van der Waals surface area contributed by atoms with Gasteiger partial charge in [0, 0.05) is 7.05 Å². The first-order valence-electron chi connectivity index (χ1n) is 6.29. The molecule has 0 radical (unpaired) electrons. The van der Waals surface area contributed by atoms with Crippen molar-refractivity contribution in [3.8, 4) is 0 Å². The Hall–Kier alpha value is -0.420. The van der Waals surface area contributed by atoms with Crippen LogP contribution < -0.4 is 0 Å². The van der Waals surface area contributed by atoms with Gasteiger partial charge >= 0.3 is 0 Å². The van der Waals surface area contributed by atoms with E-state index >= 15 is 0 Å². The van der Waals surface area contributed by atoms with Crippen molar-refractivity contribution in [1.82, 2.24) is 4.31 Å². The molecular formula is C12H21NO3S. The highest BCUT2D eigenvalue weighted by atomic mass is 32.2. The molecule has 1 aliphatic carbocycles. The van der Waals surface area contributed by atoms with Gasteiger partial charge in [0.2, 0.25) is 10.0 Å². The van der Waals surface area contributed by atoms with Gasteiger partial charge in [0.15, 0.2) is 5.78 Å². The molecule has 1 spiro atoms. The van der Waals surface area contributed by atoms with Crippen LogP contribution in [-0.4, -0.2) is 36.8 Å². The van der Waals surface area contributed by atoms with E-state index in [9.17, 15) is 13.2 Å². The first kappa shape index (κ1) is 13.0. The second-order valence-electron chi connectivity index (χ2n) is 5.76. The summed E-state index contributed by atoms with van der Waals surface area (Å²) in [6.45, 7) is 4.39. The van der Waals surface area contributed by atoms with Crippen LogP contribution in [-0.2, 0) is 14.8 Å². The Morgan fingerprint density at radius 1 is 1.29 bits per heavy atom. The molecule has 2 rings (SSSR count). The van der Waals surface area contributed by atoms with E-state index < -0.39 is 15.6 Å². The number of ketones is 1. The van der Waals surface area contributed by atoms with Gasteiger partial charge in [-0.25, -0.2) is 8.42 Å². The van der Waals surface area contributed by atoms with Gasteiger partial charge in [-0.1, -0.05) is 13.8 Å². The van der Waals surface area contributed by atoms with Crippen molar-refractivity contribution in [1.29, 1.82) is 0 Å². The van der Waals surface area contributed by atoms with Crippen molar-refractivity contribution in [2.24, 2.45) is 11.8 Å². The summed E-state index contributed by atoms with van der Waals surface area (Å²) in [5.74, 6) is 0.855. The van der Waals surface area contributed by atoms with Crippen LogP contribution in [0.1, 0.15) is 39.5 Å². The second-order valence-corrected chi connectivity index (χ2v) is 7.76. The molecule has 17 heavy (non-hydrogen) atoms. The number of sulfonamides is 1. The first-order chi connectivity index (χ1) is 7.79. The number of rotatable bonds is 1. The van der Waals surface area contributed by atoms with Gasteiger partial charge in [-0.05, 0) is 37.5 Å². The van der Waals surface area contributed by atoms with Crippen LogP contribution in [0.2, 0.25) is 0 Å².